The van der Waals surface area contributed by atoms with Crippen LogP contribution in [0.3, 0.4) is 0 Å². The Labute approximate surface area is 91.5 Å². The Morgan fingerprint density at radius 3 is 2.87 bits per heavy atom. The molecule has 1 aliphatic heterocycles. The molecular weight excluding hydrogens is 190 g/mol. The number of ether oxygens (including phenoxy) is 1. The van der Waals surface area contributed by atoms with E-state index in [4.69, 9.17) is 10.5 Å². The van der Waals surface area contributed by atoms with Crippen molar-refractivity contribution < 1.29 is 4.74 Å². The van der Waals surface area contributed by atoms with Gasteiger partial charge in [-0.1, -0.05) is 0 Å². The molecule has 4 nitrogen and oxygen atoms in total. The lowest BCUT2D eigenvalue weighted by atomic mass is 10.0. The third-order valence-corrected chi connectivity index (χ3v) is 3.04. The van der Waals surface area contributed by atoms with Crippen LogP contribution in [0.15, 0.2) is 4.99 Å². The quantitative estimate of drug-likeness (QED) is 0.555. The minimum absolute atomic E-state index is 0.509. The SMILES string of the molecule is CN(CC1CCCOC1)C(N)=NC1CC1. The molecule has 86 valence electrons. The highest BCUT2D eigenvalue weighted by molar-refractivity contribution is 5.78. The molecule has 1 unspecified atom stereocenters. The smallest absolute Gasteiger partial charge is 0.191 e. The summed E-state index contributed by atoms with van der Waals surface area (Å²) in [7, 11) is 2.02. The normalized spacial score (nSPS) is 27.8. The van der Waals surface area contributed by atoms with Crippen molar-refractivity contribution in [2.24, 2.45) is 16.6 Å². The summed E-state index contributed by atoms with van der Waals surface area (Å²) in [4.78, 5) is 6.50. The van der Waals surface area contributed by atoms with Crippen molar-refractivity contribution in [1.82, 2.24) is 4.90 Å². The van der Waals surface area contributed by atoms with E-state index in [1.807, 2.05) is 7.05 Å². The zero-order chi connectivity index (χ0) is 10.7. The number of aliphatic imine (C=N–C) groups is 1. The Kier molecular flexibility index (Phi) is 3.46. The van der Waals surface area contributed by atoms with Gasteiger partial charge in [-0.25, -0.2) is 4.99 Å². The number of nitrogens with two attached hydrogens (primary N) is 1. The molecule has 0 bridgehead atoms. The Balaban J connectivity index is 1.76. The molecule has 0 radical (unpaired) electrons. The standard InChI is InChI=1S/C11H21N3O/c1-14(11(12)13-10-4-5-10)7-9-3-2-6-15-8-9/h9-10H,2-8H2,1H3,(H2,12,13). The van der Waals surface area contributed by atoms with Gasteiger partial charge in [-0.05, 0) is 31.6 Å². The van der Waals surface area contributed by atoms with Crippen LogP contribution in [0.25, 0.3) is 0 Å². The molecule has 1 heterocycles. The van der Waals surface area contributed by atoms with Gasteiger partial charge in [0.15, 0.2) is 5.96 Å². The van der Waals surface area contributed by atoms with Crippen LogP contribution < -0.4 is 5.73 Å². The lowest BCUT2D eigenvalue weighted by molar-refractivity contribution is 0.0484. The lowest BCUT2D eigenvalue weighted by Gasteiger charge is -2.27. The van der Waals surface area contributed by atoms with Crippen molar-refractivity contribution in [1.29, 1.82) is 0 Å². The van der Waals surface area contributed by atoms with E-state index >= 15 is 0 Å². The highest BCUT2D eigenvalue weighted by atomic mass is 16.5. The molecule has 2 N–H and O–H groups in total. The fourth-order valence-corrected chi connectivity index (χ4v) is 1.92. The van der Waals surface area contributed by atoms with Gasteiger partial charge in [-0.15, -0.1) is 0 Å². The van der Waals surface area contributed by atoms with Crippen LogP contribution in [-0.2, 0) is 4.74 Å². The third kappa shape index (κ3) is 3.38. The first kappa shape index (κ1) is 10.7. The van der Waals surface area contributed by atoms with Crippen molar-refractivity contribution in [3.05, 3.63) is 0 Å². The monoisotopic (exact) mass is 211 g/mol. The average Bonchev–Trinajstić information content (AvgIpc) is 3.03. The Hall–Kier alpha value is -0.770. The van der Waals surface area contributed by atoms with Gasteiger partial charge in [0, 0.05) is 20.2 Å². The lowest BCUT2D eigenvalue weighted by Crippen LogP contribution is -2.39. The van der Waals surface area contributed by atoms with E-state index in [2.05, 4.69) is 9.89 Å². The zero-order valence-electron chi connectivity index (χ0n) is 9.48. The van der Waals surface area contributed by atoms with E-state index in [1.165, 1.54) is 25.7 Å². The minimum atomic E-state index is 0.509. The summed E-state index contributed by atoms with van der Waals surface area (Å²) in [6.45, 7) is 2.77. The van der Waals surface area contributed by atoms with Crippen LogP contribution in [0.5, 0.6) is 0 Å². The Morgan fingerprint density at radius 1 is 1.47 bits per heavy atom. The van der Waals surface area contributed by atoms with E-state index in [0.717, 1.165) is 19.8 Å². The number of nitrogens with zero attached hydrogens (tertiary/aromatic N) is 2. The Morgan fingerprint density at radius 2 is 2.27 bits per heavy atom. The van der Waals surface area contributed by atoms with Crippen LogP contribution in [0.1, 0.15) is 25.7 Å². The summed E-state index contributed by atoms with van der Waals surface area (Å²) in [6.07, 6.45) is 4.85. The third-order valence-electron chi connectivity index (χ3n) is 3.04. The second-order valence-electron chi connectivity index (χ2n) is 4.68. The van der Waals surface area contributed by atoms with Crippen molar-refractivity contribution in [3.63, 3.8) is 0 Å². The van der Waals surface area contributed by atoms with Gasteiger partial charge in [-0.2, -0.15) is 0 Å². The molecule has 1 saturated heterocycles. The summed E-state index contributed by atoms with van der Waals surface area (Å²) in [5, 5.41) is 0. The molecule has 0 aromatic heterocycles. The fraction of sp³-hybridized carbons (Fsp3) is 0.909. The van der Waals surface area contributed by atoms with Gasteiger partial charge in [0.05, 0.1) is 12.6 Å². The molecule has 1 atom stereocenters. The molecule has 2 fully saturated rings. The van der Waals surface area contributed by atoms with Gasteiger partial charge >= 0.3 is 0 Å². The van der Waals surface area contributed by atoms with Crippen molar-refractivity contribution in [2.45, 2.75) is 31.7 Å². The summed E-state index contributed by atoms with van der Waals surface area (Å²) >= 11 is 0. The van der Waals surface area contributed by atoms with E-state index in [9.17, 15) is 0 Å². The highest BCUT2D eigenvalue weighted by Gasteiger charge is 2.22. The molecule has 0 spiro atoms. The predicted octanol–water partition coefficient (Wildman–Crippen LogP) is 0.822. The van der Waals surface area contributed by atoms with Gasteiger partial charge in [0.25, 0.3) is 0 Å². The number of hydrogen-bond acceptors (Lipinski definition) is 2. The summed E-state index contributed by atoms with van der Waals surface area (Å²) in [5.74, 6) is 1.32. The maximum Gasteiger partial charge on any atom is 0.191 e. The molecular formula is C11H21N3O. The van der Waals surface area contributed by atoms with Gasteiger partial charge < -0.3 is 15.4 Å². The molecule has 0 aromatic rings. The number of guanidine groups is 1. The summed E-state index contributed by atoms with van der Waals surface area (Å²) in [5.41, 5.74) is 5.91. The van der Waals surface area contributed by atoms with E-state index in [-0.39, 0.29) is 0 Å². The molecule has 2 rings (SSSR count). The van der Waals surface area contributed by atoms with Crippen molar-refractivity contribution in [2.75, 3.05) is 26.8 Å². The molecule has 0 aromatic carbocycles. The molecule has 1 saturated carbocycles. The maximum absolute atomic E-state index is 5.91. The molecule has 1 aliphatic carbocycles. The van der Waals surface area contributed by atoms with Crippen molar-refractivity contribution >= 4 is 5.96 Å². The summed E-state index contributed by atoms with van der Waals surface area (Å²) in [6, 6.07) is 0.509. The largest absolute Gasteiger partial charge is 0.381 e. The van der Waals surface area contributed by atoms with Crippen LogP contribution >= 0.6 is 0 Å². The van der Waals surface area contributed by atoms with Crippen LogP contribution in [0, 0.1) is 5.92 Å². The zero-order valence-corrected chi connectivity index (χ0v) is 9.48. The molecule has 0 amide bonds. The second kappa shape index (κ2) is 4.84. The first-order valence-electron chi connectivity index (χ1n) is 5.88. The van der Waals surface area contributed by atoms with Crippen LogP contribution in [0.2, 0.25) is 0 Å². The summed E-state index contributed by atoms with van der Waals surface area (Å²) < 4.78 is 5.45. The van der Waals surface area contributed by atoms with Gasteiger partial charge in [0.1, 0.15) is 0 Å². The first-order chi connectivity index (χ1) is 7.25. The average molecular weight is 211 g/mol. The van der Waals surface area contributed by atoms with Crippen molar-refractivity contribution in [3.8, 4) is 0 Å². The van der Waals surface area contributed by atoms with E-state index < -0.39 is 0 Å². The highest BCUT2D eigenvalue weighted by Crippen LogP contribution is 2.23. The van der Waals surface area contributed by atoms with E-state index in [0.29, 0.717) is 17.9 Å². The second-order valence-corrected chi connectivity index (χ2v) is 4.68. The molecule has 15 heavy (non-hydrogen) atoms. The first-order valence-corrected chi connectivity index (χ1v) is 5.88. The van der Waals surface area contributed by atoms with E-state index in [1.54, 1.807) is 0 Å². The maximum atomic E-state index is 5.91. The Bertz CT molecular complexity index is 232. The minimum Gasteiger partial charge on any atom is -0.381 e. The fourth-order valence-electron chi connectivity index (χ4n) is 1.92. The van der Waals surface area contributed by atoms with Gasteiger partial charge in [0.2, 0.25) is 0 Å². The number of rotatable bonds is 3. The molecule has 4 heteroatoms. The van der Waals surface area contributed by atoms with Crippen LogP contribution in [0.4, 0.5) is 0 Å². The molecule has 2 aliphatic rings. The predicted molar refractivity (Wildman–Crippen MR) is 60.8 cm³/mol. The van der Waals surface area contributed by atoms with Gasteiger partial charge in [-0.3, -0.25) is 0 Å². The number of hydrogen-bond donors (Lipinski definition) is 1. The van der Waals surface area contributed by atoms with Crippen LogP contribution in [-0.4, -0.2) is 43.7 Å². The topological polar surface area (TPSA) is 50.9 Å².